The van der Waals surface area contributed by atoms with Crippen molar-refractivity contribution in [1.82, 2.24) is 9.47 Å². The van der Waals surface area contributed by atoms with Gasteiger partial charge in [-0.1, -0.05) is 24.0 Å². The fourth-order valence-corrected chi connectivity index (χ4v) is 4.20. The summed E-state index contributed by atoms with van der Waals surface area (Å²) >= 11 is 6.30. The van der Waals surface area contributed by atoms with Gasteiger partial charge in [0.15, 0.2) is 0 Å². The molecule has 146 valence electrons. The average molecular weight is 423 g/mol. The number of carbonyl (C=O) groups excluding carboxylic acids is 2. The Bertz CT molecular complexity index is 1100. The van der Waals surface area contributed by atoms with E-state index in [-0.39, 0.29) is 18.9 Å². The number of hydrogen-bond acceptors (Lipinski definition) is 6. The molecule has 0 N–H and O–H groups in total. The maximum absolute atomic E-state index is 12.5. The zero-order valence-electron chi connectivity index (χ0n) is 15.1. The molecule has 1 aromatic carbocycles. The van der Waals surface area contributed by atoms with E-state index in [0.29, 0.717) is 20.7 Å². The standard InChI is InChI=1S/C21H16N2O4S2/c24-19(25)9-12-23-20(26)18(29-21(23)28)13-16-7-8-17(27-16)14-3-5-15(6-4-14)22-10-1-2-11-22/h1-8,10-11,13H,9,12H2,(H,24,25)/p-1/b18-13-. The van der Waals surface area contributed by atoms with Crippen LogP contribution in [0.4, 0.5) is 0 Å². The molecular weight excluding hydrogens is 408 g/mol. The van der Waals surface area contributed by atoms with Crippen molar-refractivity contribution in [2.75, 3.05) is 6.54 Å². The summed E-state index contributed by atoms with van der Waals surface area (Å²) in [4.78, 5) is 24.8. The van der Waals surface area contributed by atoms with Crippen molar-refractivity contribution in [2.45, 2.75) is 6.42 Å². The number of amides is 1. The van der Waals surface area contributed by atoms with Gasteiger partial charge in [0.2, 0.25) is 0 Å². The van der Waals surface area contributed by atoms with Crippen LogP contribution in [0.1, 0.15) is 12.2 Å². The van der Waals surface area contributed by atoms with Crippen LogP contribution in [0.5, 0.6) is 0 Å². The monoisotopic (exact) mass is 423 g/mol. The first-order valence-electron chi connectivity index (χ1n) is 8.80. The summed E-state index contributed by atoms with van der Waals surface area (Å²) in [5, 5.41) is 10.6. The number of carbonyl (C=O) groups is 2. The highest BCUT2D eigenvalue weighted by Gasteiger charge is 2.31. The van der Waals surface area contributed by atoms with Gasteiger partial charge in [-0.25, -0.2) is 0 Å². The largest absolute Gasteiger partial charge is 0.550 e. The quantitative estimate of drug-likeness (QED) is 0.448. The minimum absolute atomic E-state index is 0.00148. The van der Waals surface area contributed by atoms with E-state index in [0.717, 1.165) is 23.0 Å². The molecule has 0 atom stereocenters. The number of aromatic nitrogens is 1. The maximum Gasteiger partial charge on any atom is 0.266 e. The van der Waals surface area contributed by atoms with Crippen molar-refractivity contribution in [2.24, 2.45) is 0 Å². The summed E-state index contributed by atoms with van der Waals surface area (Å²) in [5.74, 6) is -0.339. The van der Waals surface area contributed by atoms with Crippen LogP contribution in [0.3, 0.4) is 0 Å². The lowest BCUT2D eigenvalue weighted by molar-refractivity contribution is -0.305. The van der Waals surface area contributed by atoms with E-state index < -0.39 is 5.97 Å². The van der Waals surface area contributed by atoms with Crippen molar-refractivity contribution in [3.63, 3.8) is 0 Å². The highest BCUT2D eigenvalue weighted by atomic mass is 32.2. The van der Waals surface area contributed by atoms with Gasteiger partial charge in [-0.2, -0.15) is 0 Å². The van der Waals surface area contributed by atoms with Crippen LogP contribution in [0, 0.1) is 0 Å². The molecule has 1 amide bonds. The van der Waals surface area contributed by atoms with Gasteiger partial charge in [-0.3, -0.25) is 9.69 Å². The van der Waals surface area contributed by atoms with Crippen molar-refractivity contribution in [1.29, 1.82) is 0 Å². The van der Waals surface area contributed by atoms with Gasteiger partial charge >= 0.3 is 0 Å². The summed E-state index contributed by atoms with van der Waals surface area (Å²) in [6.45, 7) is 0.00148. The third kappa shape index (κ3) is 4.18. The number of carboxylic acids is 1. The van der Waals surface area contributed by atoms with Crippen LogP contribution in [-0.2, 0) is 9.59 Å². The van der Waals surface area contributed by atoms with Gasteiger partial charge in [0, 0.05) is 48.7 Å². The normalized spacial score (nSPS) is 15.4. The summed E-state index contributed by atoms with van der Waals surface area (Å²) in [6.07, 6.45) is 5.31. The van der Waals surface area contributed by atoms with Crippen LogP contribution in [0.15, 0.2) is 70.2 Å². The van der Waals surface area contributed by atoms with E-state index in [9.17, 15) is 14.7 Å². The number of nitrogens with zero attached hydrogens (tertiary/aromatic N) is 2. The molecular formula is C21H15N2O4S2-. The van der Waals surface area contributed by atoms with Gasteiger partial charge in [0.05, 0.1) is 4.91 Å². The molecule has 1 saturated heterocycles. The fraction of sp³-hybridized carbons (Fsp3) is 0.0952. The number of furan rings is 1. The molecule has 0 unspecified atom stereocenters. The lowest BCUT2D eigenvalue weighted by Gasteiger charge is -2.14. The van der Waals surface area contributed by atoms with E-state index >= 15 is 0 Å². The third-order valence-corrected chi connectivity index (χ3v) is 5.75. The van der Waals surface area contributed by atoms with E-state index in [4.69, 9.17) is 16.6 Å². The smallest absolute Gasteiger partial charge is 0.266 e. The molecule has 3 heterocycles. The summed E-state index contributed by atoms with van der Waals surface area (Å²) in [6, 6.07) is 15.5. The van der Waals surface area contributed by atoms with E-state index in [1.165, 1.54) is 4.90 Å². The second kappa shape index (κ2) is 8.10. The van der Waals surface area contributed by atoms with Crippen LogP contribution in [-0.4, -0.2) is 32.2 Å². The molecule has 1 aliphatic rings. The first kappa shape index (κ1) is 19.2. The molecule has 4 rings (SSSR count). The van der Waals surface area contributed by atoms with Crippen molar-refractivity contribution in [3.05, 3.63) is 71.6 Å². The summed E-state index contributed by atoms with van der Waals surface area (Å²) in [7, 11) is 0. The Kier molecular flexibility index (Phi) is 5.37. The first-order chi connectivity index (χ1) is 14.0. The predicted molar refractivity (Wildman–Crippen MR) is 113 cm³/mol. The van der Waals surface area contributed by atoms with E-state index in [1.807, 2.05) is 59.4 Å². The minimum Gasteiger partial charge on any atom is -0.550 e. The van der Waals surface area contributed by atoms with Gasteiger partial charge in [-0.15, -0.1) is 0 Å². The minimum atomic E-state index is -1.22. The number of carboxylic acid groups (broad SMARTS) is 1. The number of hydrogen-bond donors (Lipinski definition) is 0. The molecule has 0 bridgehead atoms. The Morgan fingerprint density at radius 1 is 1.14 bits per heavy atom. The average Bonchev–Trinajstić information content (AvgIpc) is 3.44. The maximum atomic E-state index is 12.5. The third-order valence-electron chi connectivity index (χ3n) is 4.37. The van der Waals surface area contributed by atoms with E-state index in [2.05, 4.69) is 0 Å². The molecule has 0 saturated carbocycles. The number of rotatable bonds is 6. The van der Waals surface area contributed by atoms with Crippen molar-refractivity contribution in [3.8, 4) is 17.0 Å². The van der Waals surface area contributed by atoms with E-state index in [1.54, 1.807) is 12.1 Å². The van der Waals surface area contributed by atoms with Crippen LogP contribution in [0.2, 0.25) is 0 Å². The number of thioether (sulfide) groups is 1. The van der Waals surface area contributed by atoms with Crippen LogP contribution < -0.4 is 5.11 Å². The molecule has 1 fully saturated rings. The Balaban J connectivity index is 1.50. The molecule has 29 heavy (non-hydrogen) atoms. The molecule has 0 spiro atoms. The lowest BCUT2D eigenvalue weighted by atomic mass is 10.1. The Morgan fingerprint density at radius 2 is 1.86 bits per heavy atom. The second-order valence-corrected chi connectivity index (χ2v) is 7.97. The summed E-state index contributed by atoms with van der Waals surface area (Å²) < 4.78 is 8.21. The zero-order valence-corrected chi connectivity index (χ0v) is 16.7. The first-order valence-corrected chi connectivity index (χ1v) is 10.0. The van der Waals surface area contributed by atoms with Crippen molar-refractivity contribution >= 4 is 46.3 Å². The number of benzene rings is 1. The second-order valence-electron chi connectivity index (χ2n) is 6.29. The van der Waals surface area contributed by atoms with Gasteiger partial charge in [-0.05, 0) is 48.5 Å². The molecule has 0 aliphatic carbocycles. The highest BCUT2D eigenvalue weighted by molar-refractivity contribution is 8.26. The lowest BCUT2D eigenvalue weighted by Crippen LogP contribution is -2.33. The number of aliphatic carboxylic acids is 1. The van der Waals surface area contributed by atoms with Gasteiger partial charge < -0.3 is 18.9 Å². The van der Waals surface area contributed by atoms with Crippen LogP contribution >= 0.6 is 24.0 Å². The molecule has 3 aromatic rings. The molecule has 8 heteroatoms. The Morgan fingerprint density at radius 3 is 2.55 bits per heavy atom. The molecule has 1 aliphatic heterocycles. The van der Waals surface area contributed by atoms with Crippen LogP contribution in [0.25, 0.3) is 23.1 Å². The SMILES string of the molecule is O=C([O-])CCN1C(=O)/C(=C/c2ccc(-c3ccc(-n4cccc4)cc3)o2)SC1=S. The highest BCUT2D eigenvalue weighted by Crippen LogP contribution is 2.33. The molecule has 0 radical (unpaired) electrons. The topological polar surface area (TPSA) is 78.5 Å². The molecule has 6 nitrogen and oxygen atoms in total. The fourth-order valence-electron chi connectivity index (χ4n) is 2.92. The zero-order chi connectivity index (χ0) is 20.4. The number of thiocarbonyl (C=S) groups is 1. The van der Waals surface area contributed by atoms with Gasteiger partial charge in [0.25, 0.3) is 5.91 Å². The van der Waals surface area contributed by atoms with Gasteiger partial charge in [0.1, 0.15) is 15.8 Å². The predicted octanol–water partition coefficient (Wildman–Crippen LogP) is 3.08. The molecule has 2 aromatic heterocycles. The Labute approximate surface area is 176 Å². The van der Waals surface area contributed by atoms with Crippen molar-refractivity contribution < 1.29 is 19.1 Å². The Hall–Kier alpha value is -3.10. The summed E-state index contributed by atoms with van der Waals surface area (Å²) in [5.41, 5.74) is 1.97.